The molecule has 0 aliphatic heterocycles. The van der Waals surface area contributed by atoms with Crippen molar-refractivity contribution in [1.82, 2.24) is 9.97 Å². The molecular weight excluding hydrogens is 392 g/mol. The first-order chi connectivity index (χ1) is 15.4. The highest BCUT2D eigenvalue weighted by atomic mass is 16.3. The van der Waals surface area contributed by atoms with E-state index in [-0.39, 0.29) is 5.41 Å². The number of rotatable bonds is 1. The molecule has 0 spiro atoms. The fourth-order valence-electron chi connectivity index (χ4n) is 4.78. The van der Waals surface area contributed by atoms with Gasteiger partial charge in [0.05, 0.1) is 11.2 Å². The van der Waals surface area contributed by atoms with Gasteiger partial charge in [0.1, 0.15) is 17.5 Å². The molecule has 0 aliphatic rings. The van der Waals surface area contributed by atoms with Crippen LogP contribution < -0.4 is 0 Å². The zero-order valence-corrected chi connectivity index (χ0v) is 18.7. The highest BCUT2D eigenvalue weighted by Crippen LogP contribution is 2.39. The fraction of sp³-hybridized carbons (Fsp3) is 0.172. The lowest BCUT2D eigenvalue weighted by Crippen LogP contribution is -2.11. The maximum atomic E-state index is 6.29. The van der Waals surface area contributed by atoms with Crippen LogP contribution in [0.2, 0.25) is 0 Å². The predicted octanol–water partition coefficient (Wildman–Crippen LogP) is 7.96. The Hall–Kier alpha value is -3.72. The molecule has 6 aromatic rings. The summed E-state index contributed by atoms with van der Waals surface area (Å²) in [4.78, 5) is 9.45. The molecule has 3 heteroatoms. The van der Waals surface area contributed by atoms with Crippen LogP contribution in [-0.4, -0.2) is 9.97 Å². The monoisotopic (exact) mass is 416 g/mol. The van der Waals surface area contributed by atoms with Gasteiger partial charge < -0.3 is 4.42 Å². The third-order valence-corrected chi connectivity index (χ3v) is 6.44. The minimum Gasteiger partial charge on any atom is -0.455 e. The number of hydrogen-bond donors (Lipinski definition) is 0. The Morgan fingerprint density at radius 3 is 2.44 bits per heavy atom. The van der Waals surface area contributed by atoms with Gasteiger partial charge in [-0.05, 0) is 47.1 Å². The highest BCUT2D eigenvalue weighted by molar-refractivity contribution is 6.14. The van der Waals surface area contributed by atoms with Gasteiger partial charge >= 0.3 is 0 Å². The van der Waals surface area contributed by atoms with Crippen molar-refractivity contribution in [2.75, 3.05) is 0 Å². The predicted molar refractivity (Wildman–Crippen MR) is 133 cm³/mol. The molecule has 3 nitrogen and oxygen atoms in total. The molecule has 4 aromatic carbocycles. The molecule has 0 unspecified atom stereocenters. The van der Waals surface area contributed by atoms with Crippen LogP contribution in [0.3, 0.4) is 0 Å². The summed E-state index contributed by atoms with van der Waals surface area (Å²) in [7, 11) is 0. The van der Waals surface area contributed by atoms with Crippen molar-refractivity contribution in [3.8, 4) is 11.3 Å². The molecule has 0 fully saturated rings. The summed E-state index contributed by atoms with van der Waals surface area (Å²) in [5, 5.41) is 5.68. The molecule has 0 saturated carbocycles. The topological polar surface area (TPSA) is 38.9 Å². The molecule has 156 valence electrons. The van der Waals surface area contributed by atoms with E-state index in [0.717, 1.165) is 44.1 Å². The van der Waals surface area contributed by atoms with Gasteiger partial charge in [-0.1, -0.05) is 69.3 Å². The summed E-state index contributed by atoms with van der Waals surface area (Å²) >= 11 is 0. The van der Waals surface area contributed by atoms with Crippen molar-refractivity contribution in [3.05, 3.63) is 84.2 Å². The van der Waals surface area contributed by atoms with E-state index in [4.69, 9.17) is 14.4 Å². The van der Waals surface area contributed by atoms with Gasteiger partial charge in [0, 0.05) is 27.1 Å². The minimum absolute atomic E-state index is 0.0989. The SMILES string of the molecule is Cc1cc(C(C)(C)C)cc2ccc3c(-c4cccc5c4oc4ccccc45)ncnc3c12. The van der Waals surface area contributed by atoms with E-state index in [9.17, 15) is 0 Å². The number of fused-ring (bicyclic) bond motifs is 6. The first-order valence-corrected chi connectivity index (χ1v) is 11.0. The highest BCUT2D eigenvalue weighted by Gasteiger charge is 2.19. The van der Waals surface area contributed by atoms with E-state index in [1.54, 1.807) is 6.33 Å². The smallest absolute Gasteiger partial charge is 0.144 e. The first-order valence-electron chi connectivity index (χ1n) is 11.0. The molecular formula is C29H24N2O. The summed E-state index contributed by atoms with van der Waals surface area (Å²) in [6, 6.07) is 23.4. The maximum absolute atomic E-state index is 6.29. The molecule has 0 radical (unpaired) electrons. The van der Waals surface area contributed by atoms with Crippen LogP contribution in [0.15, 0.2) is 77.5 Å². The van der Waals surface area contributed by atoms with Crippen molar-refractivity contribution in [3.63, 3.8) is 0 Å². The van der Waals surface area contributed by atoms with Crippen molar-refractivity contribution in [1.29, 1.82) is 0 Å². The average Bonchev–Trinajstić information content (AvgIpc) is 3.16. The van der Waals surface area contributed by atoms with Crippen molar-refractivity contribution < 1.29 is 4.42 Å². The Labute approximate surface area is 186 Å². The largest absolute Gasteiger partial charge is 0.455 e. The molecule has 0 atom stereocenters. The molecule has 0 saturated heterocycles. The van der Waals surface area contributed by atoms with Gasteiger partial charge in [-0.3, -0.25) is 0 Å². The summed E-state index contributed by atoms with van der Waals surface area (Å²) in [6.45, 7) is 8.94. The van der Waals surface area contributed by atoms with Crippen molar-refractivity contribution >= 4 is 43.6 Å². The normalized spacial score (nSPS) is 12.4. The number of aryl methyl sites for hydroxylation is 1. The van der Waals surface area contributed by atoms with E-state index < -0.39 is 0 Å². The maximum Gasteiger partial charge on any atom is 0.144 e. The van der Waals surface area contributed by atoms with E-state index >= 15 is 0 Å². The lowest BCUT2D eigenvalue weighted by Gasteiger charge is -2.21. The van der Waals surface area contributed by atoms with Crippen LogP contribution in [0.1, 0.15) is 31.9 Å². The molecule has 0 bridgehead atoms. The summed E-state index contributed by atoms with van der Waals surface area (Å²) in [5.74, 6) is 0. The molecule has 0 N–H and O–H groups in total. The average molecular weight is 417 g/mol. The number of nitrogens with zero attached hydrogens (tertiary/aromatic N) is 2. The Morgan fingerprint density at radius 1 is 0.781 bits per heavy atom. The summed E-state index contributed by atoms with van der Waals surface area (Å²) in [6.07, 6.45) is 1.68. The van der Waals surface area contributed by atoms with E-state index in [1.165, 1.54) is 21.9 Å². The van der Waals surface area contributed by atoms with Crippen LogP contribution in [-0.2, 0) is 5.41 Å². The number of para-hydroxylation sites is 2. The Kier molecular flexibility index (Phi) is 3.94. The third kappa shape index (κ3) is 2.74. The Morgan fingerprint density at radius 2 is 1.59 bits per heavy atom. The van der Waals surface area contributed by atoms with E-state index in [2.05, 4.69) is 76.2 Å². The standard InChI is InChI=1S/C29H24N2O/c1-17-14-19(29(2,3)4)15-18-12-13-22-26(30-16-31-27(22)25(17)18)23-10-7-9-21-20-8-5-6-11-24(20)32-28(21)23/h5-16H,1-4H3. The van der Waals surface area contributed by atoms with Crippen molar-refractivity contribution in [2.45, 2.75) is 33.1 Å². The number of benzene rings is 4. The van der Waals surface area contributed by atoms with Gasteiger partial charge in [-0.25, -0.2) is 9.97 Å². The molecule has 32 heavy (non-hydrogen) atoms. The number of furan rings is 1. The zero-order valence-electron chi connectivity index (χ0n) is 18.7. The second-order valence-corrected chi connectivity index (χ2v) is 9.61. The zero-order chi connectivity index (χ0) is 22.0. The fourth-order valence-corrected chi connectivity index (χ4v) is 4.78. The van der Waals surface area contributed by atoms with Crippen LogP contribution >= 0.6 is 0 Å². The van der Waals surface area contributed by atoms with Gasteiger partial charge in [0.25, 0.3) is 0 Å². The second-order valence-electron chi connectivity index (χ2n) is 9.61. The van der Waals surface area contributed by atoms with Gasteiger partial charge in [0.15, 0.2) is 0 Å². The van der Waals surface area contributed by atoms with E-state index in [1.807, 2.05) is 18.2 Å². The molecule has 2 aromatic heterocycles. The first kappa shape index (κ1) is 19.0. The van der Waals surface area contributed by atoms with Crippen LogP contribution in [0, 0.1) is 6.92 Å². The molecule has 6 rings (SSSR count). The van der Waals surface area contributed by atoms with E-state index in [0.29, 0.717) is 0 Å². The lowest BCUT2D eigenvalue weighted by atomic mass is 9.84. The molecule has 0 aliphatic carbocycles. The van der Waals surface area contributed by atoms with Gasteiger partial charge in [0.2, 0.25) is 0 Å². The minimum atomic E-state index is 0.0989. The summed E-state index contributed by atoms with van der Waals surface area (Å²) in [5.41, 5.74) is 7.32. The Balaban J connectivity index is 1.67. The molecule has 2 heterocycles. The van der Waals surface area contributed by atoms with Gasteiger partial charge in [-0.2, -0.15) is 0 Å². The summed E-state index contributed by atoms with van der Waals surface area (Å²) < 4.78 is 6.29. The number of aromatic nitrogens is 2. The molecule has 0 amide bonds. The Bertz CT molecular complexity index is 1670. The lowest BCUT2D eigenvalue weighted by molar-refractivity contribution is 0.590. The van der Waals surface area contributed by atoms with Crippen molar-refractivity contribution in [2.24, 2.45) is 0 Å². The van der Waals surface area contributed by atoms with Crippen LogP contribution in [0.4, 0.5) is 0 Å². The third-order valence-electron chi connectivity index (χ3n) is 6.44. The van der Waals surface area contributed by atoms with Crippen LogP contribution in [0.5, 0.6) is 0 Å². The van der Waals surface area contributed by atoms with Gasteiger partial charge in [-0.15, -0.1) is 0 Å². The number of hydrogen-bond acceptors (Lipinski definition) is 3. The quantitative estimate of drug-likeness (QED) is 0.255. The van der Waals surface area contributed by atoms with Crippen LogP contribution in [0.25, 0.3) is 54.9 Å². The second kappa shape index (κ2) is 6.64.